The fourth-order valence-corrected chi connectivity index (χ4v) is 4.07. The summed E-state index contributed by atoms with van der Waals surface area (Å²) in [6.07, 6.45) is 1.44. The Morgan fingerprint density at radius 1 is 1.41 bits per heavy atom. The van der Waals surface area contributed by atoms with Crippen LogP contribution in [0.2, 0.25) is 5.02 Å². The molecule has 0 bridgehead atoms. The van der Waals surface area contributed by atoms with Crippen LogP contribution in [0, 0.1) is 0 Å². The van der Waals surface area contributed by atoms with Crippen LogP contribution in [-0.4, -0.2) is 52.8 Å². The van der Waals surface area contributed by atoms with E-state index in [-0.39, 0.29) is 15.7 Å². The van der Waals surface area contributed by atoms with Crippen LogP contribution in [0.25, 0.3) is 6.08 Å². The van der Waals surface area contributed by atoms with Gasteiger partial charge in [0, 0.05) is 0 Å². The number of imide groups is 1. The van der Waals surface area contributed by atoms with E-state index in [0.717, 1.165) is 4.90 Å². The third-order valence-corrected chi connectivity index (χ3v) is 5.16. The molecular formula is C16H13BrClNO7S. The molecule has 0 unspecified atom stereocenters. The standard InChI is InChI=1S/C16H13BrClNO7S/c1-7(15(23)25-2)19-14(22)11(27-16(19)24)5-8-3-9(17)13(10(18)4-8)26-6-12(20)21/h3-5,7H,6H2,1-2H3,(H,20,21)/b11-5+/t7-/m1/s1. The number of rotatable bonds is 6. The van der Waals surface area contributed by atoms with Gasteiger partial charge >= 0.3 is 11.9 Å². The van der Waals surface area contributed by atoms with Gasteiger partial charge in [-0.05, 0) is 58.4 Å². The van der Waals surface area contributed by atoms with Gasteiger partial charge in [0.25, 0.3) is 11.1 Å². The summed E-state index contributed by atoms with van der Waals surface area (Å²) in [6, 6.07) is 1.97. The molecular weight excluding hydrogens is 466 g/mol. The van der Waals surface area contributed by atoms with E-state index in [1.54, 1.807) is 6.07 Å². The topological polar surface area (TPSA) is 110 Å². The van der Waals surface area contributed by atoms with Gasteiger partial charge in [-0.25, -0.2) is 9.59 Å². The first-order chi connectivity index (χ1) is 12.6. The Morgan fingerprint density at radius 2 is 2.07 bits per heavy atom. The van der Waals surface area contributed by atoms with Crippen molar-refractivity contribution in [3.63, 3.8) is 0 Å². The summed E-state index contributed by atoms with van der Waals surface area (Å²) in [5, 5.41) is 8.22. The predicted molar refractivity (Wildman–Crippen MR) is 102 cm³/mol. The molecule has 0 spiro atoms. The second-order valence-electron chi connectivity index (χ2n) is 5.25. The average molecular weight is 479 g/mol. The second-order valence-corrected chi connectivity index (χ2v) is 7.50. The van der Waals surface area contributed by atoms with Gasteiger partial charge in [0.2, 0.25) is 0 Å². The molecule has 11 heteroatoms. The van der Waals surface area contributed by atoms with Crippen molar-refractivity contribution in [2.45, 2.75) is 13.0 Å². The number of benzene rings is 1. The number of thioether (sulfide) groups is 1. The van der Waals surface area contributed by atoms with E-state index in [9.17, 15) is 19.2 Å². The van der Waals surface area contributed by atoms with E-state index >= 15 is 0 Å². The number of carbonyl (C=O) groups is 4. The van der Waals surface area contributed by atoms with Crippen LogP contribution in [0.5, 0.6) is 5.75 Å². The Balaban J connectivity index is 2.29. The lowest BCUT2D eigenvalue weighted by atomic mass is 10.2. The molecule has 1 atom stereocenters. The fraction of sp³-hybridized carbons (Fsp3) is 0.250. The van der Waals surface area contributed by atoms with Gasteiger partial charge in [0.15, 0.2) is 12.4 Å². The molecule has 1 saturated heterocycles. The number of carbonyl (C=O) groups excluding carboxylic acids is 3. The van der Waals surface area contributed by atoms with Crippen molar-refractivity contribution in [1.82, 2.24) is 4.90 Å². The number of amides is 2. The smallest absolute Gasteiger partial charge is 0.341 e. The molecule has 0 aliphatic carbocycles. The Bertz CT molecular complexity index is 834. The molecule has 1 N–H and O–H groups in total. The lowest BCUT2D eigenvalue weighted by Crippen LogP contribution is -2.42. The maximum absolute atomic E-state index is 12.5. The molecule has 1 heterocycles. The first-order valence-electron chi connectivity index (χ1n) is 7.34. The number of carboxylic acid groups (broad SMARTS) is 1. The quantitative estimate of drug-likeness (QED) is 0.490. The number of esters is 1. The van der Waals surface area contributed by atoms with Gasteiger partial charge in [-0.15, -0.1) is 0 Å². The van der Waals surface area contributed by atoms with Crippen LogP contribution in [0.15, 0.2) is 21.5 Å². The van der Waals surface area contributed by atoms with Crippen molar-refractivity contribution in [2.24, 2.45) is 0 Å². The lowest BCUT2D eigenvalue weighted by molar-refractivity contribution is -0.148. The molecule has 1 fully saturated rings. The largest absolute Gasteiger partial charge is 0.479 e. The molecule has 144 valence electrons. The molecule has 8 nitrogen and oxygen atoms in total. The number of hydrogen-bond acceptors (Lipinski definition) is 7. The van der Waals surface area contributed by atoms with Crippen LogP contribution in [-0.2, 0) is 19.1 Å². The molecule has 0 saturated carbocycles. The highest BCUT2D eigenvalue weighted by Crippen LogP contribution is 2.38. The number of carboxylic acids is 1. The zero-order chi connectivity index (χ0) is 20.3. The second kappa shape index (κ2) is 8.77. The number of aliphatic carboxylic acids is 1. The summed E-state index contributed by atoms with van der Waals surface area (Å²) < 4.78 is 10.0. The van der Waals surface area contributed by atoms with Crippen molar-refractivity contribution >= 4 is 68.5 Å². The highest BCUT2D eigenvalue weighted by atomic mass is 79.9. The predicted octanol–water partition coefficient (Wildman–Crippen LogP) is 3.16. The van der Waals surface area contributed by atoms with Gasteiger partial charge < -0.3 is 14.6 Å². The maximum Gasteiger partial charge on any atom is 0.341 e. The van der Waals surface area contributed by atoms with Crippen LogP contribution >= 0.6 is 39.3 Å². The van der Waals surface area contributed by atoms with Gasteiger partial charge in [-0.3, -0.25) is 14.5 Å². The monoisotopic (exact) mass is 477 g/mol. The van der Waals surface area contributed by atoms with Gasteiger partial charge in [-0.2, -0.15) is 0 Å². The van der Waals surface area contributed by atoms with Gasteiger partial charge in [0.05, 0.1) is 21.5 Å². The summed E-state index contributed by atoms with van der Waals surface area (Å²) in [5.41, 5.74) is 0.478. The zero-order valence-electron chi connectivity index (χ0n) is 14.0. The third-order valence-electron chi connectivity index (χ3n) is 3.41. The van der Waals surface area contributed by atoms with Crippen molar-refractivity contribution in [3.05, 3.63) is 32.1 Å². The molecule has 0 radical (unpaired) electrons. The van der Waals surface area contributed by atoms with E-state index in [0.29, 0.717) is 21.8 Å². The summed E-state index contributed by atoms with van der Waals surface area (Å²) in [6.45, 7) is 0.829. The van der Waals surface area contributed by atoms with Crippen molar-refractivity contribution in [3.8, 4) is 5.75 Å². The highest BCUT2D eigenvalue weighted by Gasteiger charge is 2.41. The van der Waals surface area contributed by atoms with E-state index in [1.165, 1.54) is 26.2 Å². The molecule has 0 aromatic heterocycles. The number of hydrogen-bond donors (Lipinski definition) is 1. The van der Waals surface area contributed by atoms with Crippen LogP contribution in [0.1, 0.15) is 12.5 Å². The molecule has 1 aliphatic rings. The van der Waals surface area contributed by atoms with Gasteiger partial charge in [0.1, 0.15) is 6.04 Å². The maximum atomic E-state index is 12.5. The summed E-state index contributed by atoms with van der Waals surface area (Å²) in [4.78, 5) is 47.7. The summed E-state index contributed by atoms with van der Waals surface area (Å²) >= 11 is 10.0. The molecule has 27 heavy (non-hydrogen) atoms. The fourth-order valence-electron chi connectivity index (χ4n) is 2.18. The van der Waals surface area contributed by atoms with Crippen LogP contribution in [0.3, 0.4) is 0 Å². The molecule has 2 amide bonds. The first kappa shape index (κ1) is 21.3. The molecule has 1 aromatic carbocycles. The molecule has 1 aromatic rings. The Morgan fingerprint density at radius 3 is 2.63 bits per heavy atom. The van der Waals surface area contributed by atoms with E-state index < -0.39 is 35.7 Å². The number of methoxy groups -OCH3 is 1. The Kier molecular flexibility index (Phi) is 6.90. The average Bonchev–Trinajstić information content (AvgIpc) is 2.86. The number of ether oxygens (including phenoxy) is 2. The molecule has 1 aliphatic heterocycles. The van der Waals surface area contributed by atoms with E-state index in [4.69, 9.17) is 21.4 Å². The summed E-state index contributed by atoms with van der Waals surface area (Å²) in [7, 11) is 1.17. The van der Waals surface area contributed by atoms with Crippen LogP contribution < -0.4 is 4.74 Å². The Hall–Kier alpha value is -2.04. The van der Waals surface area contributed by atoms with Gasteiger partial charge in [-0.1, -0.05) is 11.6 Å². The lowest BCUT2D eigenvalue weighted by Gasteiger charge is -2.18. The first-order valence-corrected chi connectivity index (χ1v) is 9.33. The molecule has 2 rings (SSSR count). The van der Waals surface area contributed by atoms with E-state index in [2.05, 4.69) is 20.7 Å². The number of nitrogens with zero attached hydrogens (tertiary/aromatic N) is 1. The minimum absolute atomic E-state index is 0.109. The Labute approximate surface area is 171 Å². The highest BCUT2D eigenvalue weighted by molar-refractivity contribution is 9.10. The summed E-state index contributed by atoms with van der Waals surface area (Å²) in [5.74, 6) is -2.34. The van der Waals surface area contributed by atoms with Crippen LogP contribution in [0.4, 0.5) is 4.79 Å². The number of halogens is 2. The minimum atomic E-state index is -1.16. The SMILES string of the molecule is COC(=O)[C@@H](C)N1C(=O)S/C(=C/c2cc(Cl)c(OCC(=O)O)c(Br)c2)C1=O. The van der Waals surface area contributed by atoms with Crippen molar-refractivity contribution < 1.29 is 33.8 Å². The zero-order valence-corrected chi connectivity index (χ0v) is 17.2. The third kappa shape index (κ3) is 4.82. The normalized spacial score (nSPS) is 16.6. The minimum Gasteiger partial charge on any atom is -0.479 e. The van der Waals surface area contributed by atoms with Crippen molar-refractivity contribution in [1.29, 1.82) is 0 Å². The van der Waals surface area contributed by atoms with Crippen molar-refractivity contribution in [2.75, 3.05) is 13.7 Å². The van der Waals surface area contributed by atoms with E-state index in [1.807, 2.05) is 0 Å².